The molecule has 1 unspecified atom stereocenters. The third-order valence-corrected chi connectivity index (χ3v) is 4.10. The molecule has 2 amide bonds. The Hall–Kier alpha value is -2.08. The Morgan fingerprint density at radius 1 is 1.50 bits per heavy atom. The topological polar surface area (TPSA) is 71.3 Å². The SMILES string of the molecule is Cc1noc(C(C)NC(=O)N2CCc3c(Cl)cccc3C2)n1. The summed E-state index contributed by atoms with van der Waals surface area (Å²) < 4.78 is 5.07. The molecule has 0 aliphatic carbocycles. The van der Waals surface area contributed by atoms with E-state index in [1.807, 2.05) is 25.1 Å². The summed E-state index contributed by atoms with van der Waals surface area (Å²) in [6, 6.07) is 5.33. The fourth-order valence-corrected chi connectivity index (χ4v) is 2.85. The van der Waals surface area contributed by atoms with Crippen LogP contribution in [-0.4, -0.2) is 27.6 Å². The highest BCUT2D eigenvalue weighted by Crippen LogP contribution is 2.26. The number of aromatic nitrogens is 2. The van der Waals surface area contributed by atoms with Gasteiger partial charge in [0.25, 0.3) is 0 Å². The molecule has 22 heavy (non-hydrogen) atoms. The van der Waals surface area contributed by atoms with Crippen molar-refractivity contribution in [3.8, 4) is 0 Å². The number of hydrogen-bond donors (Lipinski definition) is 1. The Bertz CT molecular complexity index is 701. The lowest BCUT2D eigenvalue weighted by Crippen LogP contribution is -2.43. The van der Waals surface area contributed by atoms with E-state index in [0.717, 1.165) is 22.6 Å². The third-order valence-electron chi connectivity index (χ3n) is 3.75. The minimum absolute atomic E-state index is 0.144. The van der Waals surface area contributed by atoms with Crippen molar-refractivity contribution in [2.75, 3.05) is 6.54 Å². The number of rotatable bonds is 2. The summed E-state index contributed by atoms with van der Waals surface area (Å²) in [6.07, 6.45) is 0.760. The molecule has 116 valence electrons. The van der Waals surface area contributed by atoms with E-state index >= 15 is 0 Å². The van der Waals surface area contributed by atoms with Gasteiger partial charge in [-0.25, -0.2) is 4.79 Å². The first-order chi connectivity index (χ1) is 10.5. The summed E-state index contributed by atoms with van der Waals surface area (Å²) >= 11 is 6.19. The van der Waals surface area contributed by atoms with Gasteiger partial charge in [-0.15, -0.1) is 0 Å². The van der Waals surface area contributed by atoms with Gasteiger partial charge in [0.1, 0.15) is 6.04 Å². The van der Waals surface area contributed by atoms with Crippen LogP contribution in [0.25, 0.3) is 0 Å². The molecule has 2 heterocycles. The molecule has 1 atom stereocenters. The van der Waals surface area contributed by atoms with Crippen LogP contribution in [-0.2, 0) is 13.0 Å². The molecule has 7 heteroatoms. The van der Waals surface area contributed by atoms with Crippen LogP contribution >= 0.6 is 11.6 Å². The van der Waals surface area contributed by atoms with E-state index in [2.05, 4.69) is 15.5 Å². The molecular formula is C15H17ClN4O2. The van der Waals surface area contributed by atoms with Crippen LogP contribution in [0.3, 0.4) is 0 Å². The van der Waals surface area contributed by atoms with Gasteiger partial charge in [-0.05, 0) is 37.5 Å². The van der Waals surface area contributed by atoms with E-state index < -0.39 is 0 Å². The van der Waals surface area contributed by atoms with Gasteiger partial charge in [-0.2, -0.15) is 4.98 Å². The summed E-state index contributed by atoms with van der Waals surface area (Å²) in [5.74, 6) is 0.962. The Morgan fingerprint density at radius 2 is 2.32 bits per heavy atom. The van der Waals surface area contributed by atoms with E-state index in [0.29, 0.717) is 24.8 Å². The van der Waals surface area contributed by atoms with Crippen molar-refractivity contribution in [3.63, 3.8) is 0 Å². The van der Waals surface area contributed by atoms with Crippen molar-refractivity contribution in [2.45, 2.75) is 32.9 Å². The Kier molecular flexibility index (Phi) is 4.02. The third kappa shape index (κ3) is 2.92. The Balaban J connectivity index is 1.66. The highest BCUT2D eigenvalue weighted by Gasteiger charge is 2.24. The van der Waals surface area contributed by atoms with Crippen LogP contribution in [0.2, 0.25) is 5.02 Å². The predicted molar refractivity (Wildman–Crippen MR) is 81.5 cm³/mol. The van der Waals surface area contributed by atoms with Crippen molar-refractivity contribution < 1.29 is 9.32 Å². The van der Waals surface area contributed by atoms with E-state index in [4.69, 9.17) is 16.1 Å². The molecule has 2 aromatic rings. The summed E-state index contributed by atoms with van der Waals surface area (Å²) in [5.41, 5.74) is 2.23. The first kappa shape index (κ1) is 14.8. The highest BCUT2D eigenvalue weighted by atomic mass is 35.5. The molecule has 1 aromatic carbocycles. The largest absolute Gasteiger partial charge is 0.337 e. The summed E-state index contributed by atoms with van der Waals surface area (Å²) in [5, 5.41) is 7.38. The van der Waals surface area contributed by atoms with Gasteiger partial charge in [0, 0.05) is 18.1 Å². The number of nitrogens with one attached hydrogen (secondary N) is 1. The van der Waals surface area contributed by atoms with Gasteiger partial charge in [-0.3, -0.25) is 0 Å². The summed E-state index contributed by atoms with van der Waals surface area (Å²) in [4.78, 5) is 18.3. The monoisotopic (exact) mass is 320 g/mol. The molecule has 0 spiro atoms. The van der Waals surface area contributed by atoms with Gasteiger partial charge in [0.2, 0.25) is 5.89 Å². The van der Waals surface area contributed by atoms with Crippen LogP contribution in [0.1, 0.15) is 35.8 Å². The van der Waals surface area contributed by atoms with E-state index in [9.17, 15) is 4.79 Å². The molecule has 1 aliphatic heterocycles. The second-order valence-corrected chi connectivity index (χ2v) is 5.81. The zero-order chi connectivity index (χ0) is 15.7. The van der Waals surface area contributed by atoms with Crippen molar-refractivity contribution in [3.05, 3.63) is 46.1 Å². The Morgan fingerprint density at radius 3 is 3.05 bits per heavy atom. The molecule has 0 fully saturated rings. The van der Waals surface area contributed by atoms with Crippen molar-refractivity contribution in [1.82, 2.24) is 20.4 Å². The standard InChI is InChI=1S/C15H17ClN4O2/c1-9(14-18-10(2)19-22-14)17-15(21)20-7-6-12-11(8-20)4-3-5-13(12)16/h3-5,9H,6-8H2,1-2H3,(H,17,21). The van der Waals surface area contributed by atoms with Crippen molar-refractivity contribution in [2.24, 2.45) is 0 Å². The molecule has 0 saturated heterocycles. The molecule has 6 nitrogen and oxygen atoms in total. The van der Waals surface area contributed by atoms with Gasteiger partial charge < -0.3 is 14.7 Å². The lowest BCUT2D eigenvalue weighted by Gasteiger charge is -2.30. The molecular weight excluding hydrogens is 304 g/mol. The van der Waals surface area contributed by atoms with Crippen LogP contribution in [0.5, 0.6) is 0 Å². The maximum atomic E-state index is 12.4. The predicted octanol–water partition coefficient (Wildman–Crippen LogP) is 2.86. The van der Waals surface area contributed by atoms with Gasteiger partial charge in [0.15, 0.2) is 5.82 Å². The average molecular weight is 321 g/mol. The number of nitrogens with zero attached hydrogens (tertiary/aromatic N) is 3. The minimum atomic E-state index is -0.325. The van der Waals surface area contributed by atoms with E-state index in [1.165, 1.54) is 0 Å². The second-order valence-electron chi connectivity index (χ2n) is 5.40. The maximum absolute atomic E-state index is 12.4. The van der Waals surface area contributed by atoms with Crippen LogP contribution in [0, 0.1) is 6.92 Å². The normalized spacial score (nSPS) is 15.3. The molecule has 0 bridgehead atoms. The molecule has 0 saturated carbocycles. The van der Waals surface area contributed by atoms with Crippen LogP contribution in [0.15, 0.2) is 22.7 Å². The number of carbonyl (C=O) groups is 1. The number of benzene rings is 1. The van der Waals surface area contributed by atoms with Crippen LogP contribution in [0.4, 0.5) is 4.79 Å². The van der Waals surface area contributed by atoms with E-state index in [-0.39, 0.29) is 12.1 Å². The number of fused-ring (bicyclic) bond motifs is 1. The zero-order valence-electron chi connectivity index (χ0n) is 12.5. The molecule has 0 radical (unpaired) electrons. The van der Waals surface area contributed by atoms with Gasteiger partial charge in [-0.1, -0.05) is 28.9 Å². The fourth-order valence-electron chi connectivity index (χ4n) is 2.56. The smallest absolute Gasteiger partial charge is 0.318 e. The first-order valence-electron chi connectivity index (χ1n) is 7.16. The summed E-state index contributed by atoms with van der Waals surface area (Å²) in [7, 11) is 0. The number of urea groups is 1. The lowest BCUT2D eigenvalue weighted by atomic mass is 10.00. The maximum Gasteiger partial charge on any atom is 0.318 e. The quantitative estimate of drug-likeness (QED) is 0.923. The van der Waals surface area contributed by atoms with E-state index in [1.54, 1.807) is 11.8 Å². The zero-order valence-corrected chi connectivity index (χ0v) is 13.2. The summed E-state index contributed by atoms with van der Waals surface area (Å²) in [6.45, 7) is 4.75. The van der Waals surface area contributed by atoms with Crippen molar-refractivity contribution >= 4 is 17.6 Å². The molecule has 1 aromatic heterocycles. The Labute approximate surface area is 133 Å². The minimum Gasteiger partial charge on any atom is -0.337 e. The van der Waals surface area contributed by atoms with Gasteiger partial charge >= 0.3 is 6.03 Å². The molecule has 3 rings (SSSR count). The average Bonchev–Trinajstić information content (AvgIpc) is 2.94. The van der Waals surface area contributed by atoms with Gasteiger partial charge in [0.05, 0.1) is 0 Å². The van der Waals surface area contributed by atoms with Crippen molar-refractivity contribution in [1.29, 1.82) is 0 Å². The number of halogens is 1. The lowest BCUT2D eigenvalue weighted by molar-refractivity contribution is 0.186. The number of hydrogen-bond acceptors (Lipinski definition) is 4. The number of carbonyl (C=O) groups excluding carboxylic acids is 1. The molecule has 1 N–H and O–H groups in total. The first-order valence-corrected chi connectivity index (χ1v) is 7.54. The second kappa shape index (κ2) is 5.96. The fraction of sp³-hybridized carbons (Fsp3) is 0.400. The number of amides is 2. The molecule has 1 aliphatic rings. The highest BCUT2D eigenvalue weighted by molar-refractivity contribution is 6.31. The number of aryl methyl sites for hydroxylation is 1. The van der Waals surface area contributed by atoms with Crippen LogP contribution < -0.4 is 5.32 Å².